The molecule has 0 aromatic heterocycles. The number of nitrogens with one attached hydrogen (secondary N) is 2. The first-order chi connectivity index (χ1) is 12.6. The molecule has 0 aliphatic carbocycles. The van der Waals surface area contributed by atoms with Crippen molar-refractivity contribution in [3.8, 4) is 11.5 Å². The SMILES string of the molecule is CCOc1ccc(NC(=O)CCNC(=O)Cc2ccccc2)cc1OC. The Morgan fingerprint density at radius 1 is 1.00 bits per heavy atom. The van der Waals surface area contributed by atoms with Crippen molar-refractivity contribution < 1.29 is 19.1 Å². The number of hydrogen-bond acceptors (Lipinski definition) is 4. The van der Waals surface area contributed by atoms with Gasteiger partial charge in [0.15, 0.2) is 11.5 Å². The molecule has 0 saturated heterocycles. The minimum absolute atomic E-state index is 0.105. The van der Waals surface area contributed by atoms with Gasteiger partial charge < -0.3 is 20.1 Å². The Bertz CT molecular complexity index is 732. The summed E-state index contributed by atoms with van der Waals surface area (Å²) >= 11 is 0. The average molecular weight is 356 g/mol. The lowest BCUT2D eigenvalue weighted by Gasteiger charge is -2.12. The fraction of sp³-hybridized carbons (Fsp3) is 0.300. The minimum atomic E-state index is -0.184. The van der Waals surface area contributed by atoms with Crippen LogP contribution in [0.5, 0.6) is 11.5 Å². The zero-order chi connectivity index (χ0) is 18.8. The normalized spacial score (nSPS) is 10.1. The molecule has 26 heavy (non-hydrogen) atoms. The lowest BCUT2D eigenvalue weighted by molar-refractivity contribution is -0.120. The third-order valence-corrected chi connectivity index (χ3v) is 3.63. The van der Waals surface area contributed by atoms with Crippen LogP contribution in [0.3, 0.4) is 0 Å². The summed E-state index contributed by atoms with van der Waals surface area (Å²) in [7, 11) is 1.55. The van der Waals surface area contributed by atoms with Crippen LogP contribution in [-0.2, 0) is 16.0 Å². The minimum Gasteiger partial charge on any atom is -0.493 e. The number of methoxy groups -OCH3 is 1. The second-order valence-electron chi connectivity index (χ2n) is 5.61. The molecule has 2 rings (SSSR count). The second-order valence-corrected chi connectivity index (χ2v) is 5.61. The fourth-order valence-corrected chi connectivity index (χ4v) is 2.40. The Hall–Kier alpha value is -3.02. The molecule has 0 fully saturated rings. The Balaban J connectivity index is 1.77. The molecule has 0 aliphatic heterocycles. The monoisotopic (exact) mass is 356 g/mol. The largest absolute Gasteiger partial charge is 0.493 e. The van der Waals surface area contributed by atoms with Gasteiger partial charge in [-0.15, -0.1) is 0 Å². The van der Waals surface area contributed by atoms with E-state index in [-0.39, 0.29) is 24.8 Å². The van der Waals surface area contributed by atoms with Gasteiger partial charge in [-0.25, -0.2) is 0 Å². The molecular formula is C20H24N2O4. The summed E-state index contributed by atoms with van der Waals surface area (Å²) in [6, 6.07) is 14.7. The summed E-state index contributed by atoms with van der Waals surface area (Å²) in [6.45, 7) is 2.71. The molecule has 0 heterocycles. The molecule has 138 valence electrons. The zero-order valence-electron chi connectivity index (χ0n) is 15.1. The summed E-state index contributed by atoms with van der Waals surface area (Å²) in [5.41, 5.74) is 1.56. The van der Waals surface area contributed by atoms with E-state index in [1.165, 1.54) is 0 Å². The van der Waals surface area contributed by atoms with Gasteiger partial charge in [-0.1, -0.05) is 30.3 Å². The van der Waals surface area contributed by atoms with E-state index in [9.17, 15) is 9.59 Å². The quantitative estimate of drug-likeness (QED) is 0.724. The Morgan fingerprint density at radius 2 is 1.77 bits per heavy atom. The molecule has 2 amide bonds. The van der Waals surface area contributed by atoms with Gasteiger partial charge in [0.2, 0.25) is 11.8 Å². The first kappa shape index (κ1) is 19.3. The molecule has 0 aliphatic rings. The van der Waals surface area contributed by atoms with Crippen LogP contribution in [0, 0.1) is 0 Å². The van der Waals surface area contributed by atoms with Crippen molar-refractivity contribution in [1.29, 1.82) is 0 Å². The first-order valence-corrected chi connectivity index (χ1v) is 8.53. The van der Waals surface area contributed by atoms with Crippen molar-refractivity contribution in [2.45, 2.75) is 19.8 Å². The van der Waals surface area contributed by atoms with Gasteiger partial charge in [0.1, 0.15) is 0 Å². The van der Waals surface area contributed by atoms with Gasteiger partial charge in [-0.05, 0) is 24.6 Å². The predicted molar refractivity (Wildman–Crippen MR) is 101 cm³/mol. The van der Waals surface area contributed by atoms with E-state index in [0.29, 0.717) is 30.2 Å². The Morgan fingerprint density at radius 3 is 2.46 bits per heavy atom. The average Bonchev–Trinajstić information content (AvgIpc) is 2.64. The molecule has 0 spiro atoms. The van der Waals surface area contributed by atoms with E-state index in [1.807, 2.05) is 37.3 Å². The maximum Gasteiger partial charge on any atom is 0.226 e. The van der Waals surface area contributed by atoms with E-state index in [4.69, 9.17) is 9.47 Å². The van der Waals surface area contributed by atoms with Crippen molar-refractivity contribution in [1.82, 2.24) is 5.32 Å². The van der Waals surface area contributed by atoms with Crippen molar-refractivity contribution in [3.63, 3.8) is 0 Å². The summed E-state index contributed by atoms with van der Waals surface area (Å²) < 4.78 is 10.7. The number of ether oxygens (including phenoxy) is 2. The van der Waals surface area contributed by atoms with E-state index in [1.54, 1.807) is 25.3 Å². The molecular weight excluding hydrogens is 332 g/mol. The van der Waals surface area contributed by atoms with Crippen molar-refractivity contribution >= 4 is 17.5 Å². The molecule has 0 saturated carbocycles. The first-order valence-electron chi connectivity index (χ1n) is 8.53. The summed E-state index contributed by atoms with van der Waals surface area (Å²) in [6.07, 6.45) is 0.495. The van der Waals surface area contributed by atoms with E-state index in [0.717, 1.165) is 5.56 Å². The number of carbonyl (C=O) groups excluding carboxylic acids is 2. The molecule has 0 unspecified atom stereocenters. The molecule has 6 heteroatoms. The van der Waals surface area contributed by atoms with Crippen molar-refractivity contribution in [2.75, 3.05) is 25.6 Å². The third-order valence-electron chi connectivity index (χ3n) is 3.63. The van der Waals surface area contributed by atoms with Crippen LogP contribution in [0.15, 0.2) is 48.5 Å². The molecule has 0 radical (unpaired) electrons. The van der Waals surface area contributed by atoms with Crippen LogP contribution in [0.2, 0.25) is 0 Å². The van der Waals surface area contributed by atoms with Gasteiger partial charge in [0.25, 0.3) is 0 Å². The molecule has 2 aromatic carbocycles. The van der Waals surface area contributed by atoms with E-state index < -0.39 is 0 Å². The van der Waals surface area contributed by atoms with Gasteiger partial charge in [-0.2, -0.15) is 0 Å². The van der Waals surface area contributed by atoms with E-state index >= 15 is 0 Å². The Labute approximate surface area is 153 Å². The lowest BCUT2D eigenvalue weighted by atomic mass is 10.1. The molecule has 2 N–H and O–H groups in total. The van der Waals surface area contributed by atoms with Gasteiger partial charge in [-0.3, -0.25) is 9.59 Å². The van der Waals surface area contributed by atoms with Crippen molar-refractivity contribution in [3.05, 3.63) is 54.1 Å². The smallest absolute Gasteiger partial charge is 0.226 e. The standard InChI is InChI=1S/C20H24N2O4/c1-3-26-17-10-9-16(14-18(17)25-2)22-19(23)11-12-21-20(24)13-15-7-5-4-6-8-15/h4-10,14H,3,11-13H2,1-2H3,(H,21,24)(H,22,23). The summed E-state index contributed by atoms with van der Waals surface area (Å²) in [4.78, 5) is 23.9. The third kappa shape index (κ3) is 6.12. The van der Waals surface area contributed by atoms with Gasteiger partial charge >= 0.3 is 0 Å². The highest BCUT2D eigenvalue weighted by Crippen LogP contribution is 2.30. The van der Waals surface area contributed by atoms with Gasteiger partial charge in [0.05, 0.1) is 20.1 Å². The highest BCUT2D eigenvalue weighted by molar-refractivity contribution is 5.91. The summed E-state index contributed by atoms with van der Waals surface area (Å²) in [5, 5.41) is 5.54. The van der Waals surface area contributed by atoms with Crippen LogP contribution in [-0.4, -0.2) is 32.1 Å². The summed E-state index contributed by atoms with van der Waals surface area (Å²) in [5.74, 6) is 0.893. The highest BCUT2D eigenvalue weighted by Gasteiger charge is 2.09. The van der Waals surface area contributed by atoms with E-state index in [2.05, 4.69) is 10.6 Å². The van der Waals surface area contributed by atoms with Crippen LogP contribution in [0.1, 0.15) is 18.9 Å². The van der Waals surface area contributed by atoms with Crippen LogP contribution in [0.4, 0.5) is 5.69 Å². The number of amides is 2. The number of benzene rings is 2. The second kappa shape index (κ2) is 10.1. The predicted octanol–water partition coefficient (Wildman–Crippen LogP) is 2.78. The number of hydrogen-bond donors (Lipinski definition) is 2. The highest BCUT2D eigenvalue weighted by atomic mass is 16.5. The maximum atomic E-state index is 12.0. The number of rotatable bonds is 9. The molecule has 6 nitrogen and oxygen atoms in total. The number of anilines is 1. The molecule has 0 bridgehead atoms. The molecule has 0 atom stereocenters. The number of carbonyl (C=O) groups is 2. The van der Waals surface area contributed by atoms with Gasteiger partial charge in [0, 0.05) is 24.7 Å². The Kier molecular flexibility index (Phi) is 7.49. The lowest BCUT2D eigenvalue weighted by Crippen LogP contribution is -2.28. The fourth-order valence-electron chi connectivity index (χ4n) is 2.40. The van der Waals surface area contributed by atoms with Crippen LogP contribution in [0.25, 0.3) is 0 Å². The van der Waals surface area contributed by atoms with Crippen molar-refractivity contribution in [2.24, 2.45) is 0 Å². The van der Waals surface area contributed by atoms with Crippen LogP contribution < -0.4 is 20.1 Å². The zero-order valence-corrected chi connectivity index (χ0v) is 15.1. The maximum absolute atomic E-state index is 12.0. The topological polar surface area (TPSA) is 76.7 Å². The van der Waals surface area contributed by atoms with Crippen LogP contribution >= 0.6 is 0 Å². The molecule has 2 aromatic rings.